The zero-order valence-electron chi connectivity index (χ0n) is 19.9. The number of carbonyl (C=O) groups excluding carboxylic acids is 1. The molecule has 0 aromatic heterocycles. The molecule has 2 amide bonds. The zero-order chi connectivity index (χ0) is 22.9. The first-order valence-corrected chi connectivity index (χ1v) is 11.8. The molecular formula is C27H36FN3O. The quantitative estimate of drug-likeness (QED) is 0.636. The fraction of sp³-hybridized carbons (Fsp3) is 0.519. The molecule has 2 aromatic rings. The first-order valence-electron chi connectivity index (χ1n) is 11.8. The Kier molecular flexibility index (Phi) is 6.57. The Labute approximate surface area is 192 Å². The molecule has 0 saturated carbocycles. The van der Waals surface area contributed by atoms with Crippen molar-refractivity contribution >= 4 is 6.03 Å². The summed E-state index contributed by atoms with van der Waals surface area (Å²) in [5, 5.41) is 0. The topological polar surface area (TPSA) is 26.8 Å². The summed E-state index contributed by atoms with van der Waals surface area (Å²) in [6, 6.07) is 13.9. The van der Waals surface area contributed by atoms with Gasteiger partial charge in [-0.2, -0.15) is 0 Å². The molecule has 2 aromatic carbocycles. The van der Waals surface area contributed by atoms with Gasteiger partial charge in [0, 0.05) is 25.7 Å². The molecule has 0 radical (unpaired) electrons. The second kappa shape index (κ2) is 9.22. The van der Waals surface area contributed by atoms with Crippen LogP contribution in [0.4, 0.5) is 9.18 Å². The van der Waals surface area contributed by atoms with Crippen LogP contribution >= 0.6 is 0 Å². The number of urea groups is 1. The molecule has 2 heterocycles. The van der Waals surface area contributed by atoms with Crippen LogP contribution in [0.1, 0.15) is 55.9 Å². The molecule has 0 N–H and O–H groups in total. The Balaban J connectivity index is 1.57. The van der Waals surface area contributed by atoms with Gasteiger partial charge in [-0.25, -0.2) is 9.18 Å². The summed E-state index contributed by atoms with van der Waals surface area (Å²) in [6.07, 6.45) is 2.95. The Morgan fingerprint density at radius 3 is 2.25 bits per heavy atom. The van der Waals surface area contributed by atoms with Crippen LogP contribution in [0.2, 0.25) is 0 Å². The highest BCUT2D eigenvalue weighted by molar-refractivity contribution is 5.75. The Morgan fingerprint density at radius 1 is 0.938 bits per heavy atom. The first-order chi connectivity index (χ1) is 15.2. The van der Waals surface area contributed by atoms with E-state index in [1.807, 2.05) is 15.9 Å². The highest BCUT2D eigenvalue weighted by Crippen LogP contribution is 2.28. The molecule has 4 nitrogen and oxygen atoms in total. The van der Waals surface area contributed by atoms with Crippen LogP contribution in [0.3, 0.4) is 0 Å². The number of benzene rings is 2. The largest absolute Gasteiger partial charge is 0.321 e. The molecule has 0 spiro atoms. The summed E-state index contributed by atoms with van der Waals surface area (Å²) in [4.78, 5) is 19.9. The van der Waals surface area contributed by atoms with Crippen LogP contribution in [0, 0.1) is 11.2 Å². The van der Waals surface area contributed by atoms with Crippen molar-refractivity contribution in [1.82, 2.24) is 14.7 Å². The van der Waals surface area contributed by atoms with Crippen LogP contribution in [-0.2, 0) is 26.1 Å². The Bertz CT molecular complexity index is 942. The monoisotopic (exact) mass is 437 g/mol. The predicted octanol–water partition coefficient (Wildman–Crippen LogP) is 5.45. The lowest BCUT2D eigenvalue weighted by atomic mass is 9.88. The second-order valence-electron chi connectivity index (χ2n) is 10.8. The van der Waals surface area contributed by atoms with Gasteiger partial charge in [0.2, 0.25) is 0 Å². The van der Waals surface area contributed by atoms with Crippen LogP contribution in [0.5, 0.6) is 0 Å². The number of fused-ring (bicyclic) bond motifs is 1. The van der Waals surface area contributed by atoms with E-state index in [0.717, 1.165) is 49.0 Å². The minimum atomic E-state index is -0.234. The Morgan fingerprint density at radius 2 is 1.59 bits per heavy atom. The van der Waals surface area contributed by atoms with Crippen molar-refractivity contribution in [2.45, 2.75) is 65.7 Å². The number of piperidine rings is 1. The molecule has 2 aliphatic heterocycles. The molecule has 1 fully saturated rings. The van der Waals surface area contributed by atoms with Gasteiger partial charge in [-0.05, 0) is 79.2 Å². The average Bonchev–Trinajstić information content (AvgIpc) is 2.86. The molecule has 0 aliphatic carbocycles. The molecule has 2 aliphatic rings. The summed E-state index contributed by atoms with van der Waals surface area (Å²) in [5.41, 5.74) is 4.66. The molecule has 0 bridgehead atoms. The number of likely N-dealkylation sites (tertiary alicyclic amines) is 1. The number of nitrogens with zero attached hydrogens (tertiary/aromatic N) is 3. The van der Waals surface area contributed by atoms with Crippen molar-refractivity contribution < 1.29 is 9.18 Å². The minimum absolute atomic E-state index is 0.0647. The zero-order valence-corrected chi connectivity index (χ0v) is 19.9. The Hall–Kier alpha value is -2.40. The fourth-order valence-electron chi connectivity index (χ4n) is 4.91. The van der Waals surface area contributed by atoms with E-state index < -0.39 is 0 Å². The fourth-order valence-corrected chi connectivity index (χ4v) is 4.91. The SMILES string of the molecule is CN1CCC(N2Cc3cc(F)ccc3CN(Cc3ccc(CC(C)(C)C)cc3)C2=O)CC1. The average molecular weight is 438 g/mol. The van der Waals surface area contributed by atoms with Crippen LogP contribution in [0.15, 0.2) is 42.5 Å². The van der Waals surface area contributed by atoms with E-state index >= 15 is 0 Å². The van der Waals surface area contributed by atoms with Crippen molar-refractivity contribution in [3.8, 4) is 0 Å². The summed E-state index contributed by atoms with van der Waals surface area (Å²) in [5.74, 6) is -0.234. The van der Waals surface area contributed by atoms with Gasteiger partial charge >= 0.3 is 6.03 Å². The number of rotatable bonds is 4. The van der Waals surface area contributed by atoms with E-state index in [0.29, 0.717) is 19.6 Å². The molecule has 0 unspecified atom stereocenters. The van der Waals surface area contributed by atoms with E-state index in [1.165, 1.54) is 11.6 Å². The first kappa shape index (κ1) is 22.8. The van der Waals surface area contributed by atoms with Crippen molar-refractivity contribution in [3.63, 3.8) is 0 Å². The van der Waals surface area contributed by atoms with E-state index in [2.05, 4.69) is 57.0 Å². The second-order valence-corrected chi connectivity index (χ2v) is 10.8. The molecular weight excluding hydrogens is 401 g/mol. The van der Waals surface area contributed by atoms with Crippen LogP contribution < -0.4 is 0 Å². The van der Waals surface area contributed by atoms with E-state index in [4.69, 9.17) is 0 Å². The summed E-state index contributed by atoms with van der Waals surface area (Å²) >= 11 is 0. The van der Waals surface area contributed by atoms with Gasteiger partial charge in [0.1, 0.15) is 5.82 Å². The van der Waals surface area contributed by atoms with Gasteiger partial charge < -0.3 is 14.7 Å². The molecule has 172 valence electrons. The third kappa shape index (κ3) is 5.50. The number of carbonyl (C=O) groups is 1. The van der Waals surface area contributed by atoms with Gasteiger partial charge in [-0.15, -0.1) is 0 Å². The minimum Gasteiger partial charge on any atom is -0.317 e. The lowest BCUT2D eigenvalue weighted by molar-refractivity contribution is 0.101. The van der Waals surface area contributed by atoms with Crippen molar-refractivity contribution in [2.75, 3.05) is 20.1 Å². The highest BCUT2D eigenvalue weighted by atomic mass is 19.1. The van der Waals surface area contributed by atoms with Crippen molar-refractivity contribution in [3.05, 3.63) is 70.5 Å². The van der Waals surface area contributed by atoms with Gasteiger partial charge in [-0.3, -0.25) is 0 Å². The van der Waals surface area contributed by atoms with Crippen molar-refractivity contribution in [1.29, 1.82) is 0 Å². The number of halogens is 1. The van der Waals surface area contributed by atoms with Gasteiger partial charge in [0.25, 0.3) is 0 Å². The maximum absolute atomic E-state index is 14.0. The lowest BCUT2D eigenvalue weighted by Crippen LogP contribution is -2.49. The highest BCUT2D eigenvalue weighted by Gasteiger charge is 2.33. The third-order valence-corrected chi connectivity index (χ3v) is 6.65. The van der Waals surface area contributed by atoms with Gasteiger partial charge in [-0.1, -0.05) is 51.1 Å². The maximum atomic E-state index is 14.0. The number of amides is 2. The normalized spacial score (nSPS) is 18.6. The number of hydrogen-bond acceptors (Lipinski definition) is 2. The molecule has 0 atom stereocenters. The molecule has 4 rings (SSSR count). The van der Waals surface area contributed by atoms with Crippen molar-refractivity contribution in [2.24, 2.45) is 5.41 Å². The molecule has 32 heavy (non-hydrogen) atoms. The maximum Gasteiger partial charge on any atom is 0.321 e. The van der Waals surface area contributed by atoms with E-state index in [1.54, 1.807) is 6.07 Å². The van der Waals surface area contributed by atoms with E-state index in [-0.39, 0.29) is 23.3 Å². The standard InChI is InChI=1S/C27H36FN3O/c1-27(2,3)16-20-5-7-21(8-6-20)17-30-18-22-9-10-24(28)15-23(22)19-31(26(30)32)25-11-13-29(4)14-12-25/h5-10,15,25H,11-14,16-19H2,1-4H3. The summed E-state index contributed by atoms with van der Waals surface area (Å²) in [6.45, 7) is 10.3. The van der Waals surface area contributed by atoms with Gasteiger partial charge in [0.05, 0.1) is 0 Å². The number of hydrogen-bond donors (Lipinski definition) is 0. The predicted molar refractivity (Wildman–Crippen MR) is 127 cm³/mol. The summed E-state index contributed by atoms with van der Waals surface area (Å²) in [7, 11) is 2.13. The van der Waals surface area contributed by atoms with Gasteiger partial charge in [0.15, 0.2) is 0 Å². The van der Waals surface area contributed by atoms with Crippen LogP contribution in [0.25, 0.3) is 0 Å². The summed E-state index contributed by atoms with van der Waals surface area (Å²) < 4.78 is 14.0. The smallest absolute Gasteiger partial charge is 0.317 e. The molecule has 1 saturated heterocycles. The van der Waals surface area contributed by atoms with E-state index in [9.17, 15) is 9.18 Å². The van der Waals surface area contributed by atoms with Crippen LogP contribution in [-0.4, -0.2) is 46.9 Å². The lowest BCUT2D eigenvalue weighted by Gasteiger charge is -2.38. The molecule has 5 heteroatoms. The third-order valence-electron chi connectivity index (χ3n) is 6.65.